The van der Waals surface area contributed by atoms with Crippen molar-refractivity contribution < 1.29 is 28.6 Å². The first-order chi connectivity index (χ1) is 28.5. The molecule has 338 valence electrons. The number of carbonyl (C=O) groups excluding carboxylic acids is 3. The van der Waals surface area contributed by atoms with Crippen LogP contribution in [0.4, 0.5) is 0 Å². The summed E-state index contributed by atoms with van der Waals surface area (Å²) in [6.07, 6.45) is 54.1. The number of hydrogen-bond acceptors (Lipinski definition) is 6. The van der Waals surface area contributed by atoms with E-state index in [0.717, 1.165) is 70.6 Å². The van der Waals surface area contributed by atoms with E-state index in [1.54, 1.807) is 0 Å². The van der Waals surface area contributed by atoms with Gasteiger partial charge in [-0.25, -0.2) is 0 Å². The van der Waals surface area contributed by atoms with E-state index in [1.165, 1.54) is 148 Å². The number of hydrogen-bond donors (Lipinski definition) is 0. The van der Waals surface area contributed by atoms with Crippen molar-refractivity contribution in [3.8, 4) is 0 Å². The summed E-state index contributed by atoms with van der Waals surface area (Å²) in [6.45, 7) is 6.56. The summed E-state index contributed by atoms with van der Waals surface area (Å²) in [6, 6.07) is 0. The highest BCUT2D eigenvalue weighted by molar-refractivity contribution is 5.71. The number of esters is 3. The third-order valence-corrected chi connectivity index (χ3v) is 10.9. The second-order valence-electron chi connectivity index (χ2n) is 16.8. The molecule has 0 aliphatic rings. The Morgan fingerprint density at radius 2 is 0.638 bits per heavy atom. The zero-order valence-corrected chi connectivity index (χ0v) is 38.6. The van der Waals surface area contributed by atoms with Gasteiger partial charge >= 0.3 is 17.9 Å². The molecule has 0 aromatic rings. The molecule has 0 aliphatic carbocycles. The maximum Gasteiger partial charge on any atom is 0.306 e. The molecule has 0 heterocycles. The summed E-state index contributed by atoms with van der Waals surface area (Å²) < 4.78 is 16.7. The Kier molecular flexibility index (Phi) is 45.4. The molecular weight excluding hydrogens is 721 g/mol. The fourth-order valence-corrected chi connectivity index (χ4v) is 7.06. The summed E-state index contributed by atoms with van der Waals surface area (Å²) in [5.41, 5.74) is 0. The van der Waals surface area contributed by atoms with Gasteiger partial charge in [-0.3, -0.25) is 14.4 Å². The van der Waals surface area contributed by atoms with Crippen molar-refractivity contribution in [1.82, 2.24) is 0 Å². The molecule has 0 saturated heterocycles. The molecule has 0 aliphatic heterocycles. The van der Waals surface area contributed by atoms with E-state index in [4.69, 9.17) is 14.2 Å². The Bertz CT molecular complexity index is 984. The highest BCUT2D eigenvalue weighted by Gasteiger charge is 2.19. The first-order valence-corrected chi connectivity index (χ1v) is 25.0. The lowest BCUT2D eigenvalue weighted by Gasteiger charge is -2.18. The van der Waals surface area contributed by atoms with Crippen LogP contribution in [0.15, 0.2) is 36.5 Å². The van der Waals surface area contributed by atoms with Crippen molar-refractivity contribution in [2.75, 3.05) is 13.2 Å². The fourth-order valence-electron chi connectivity index (χ4n) is 7.06. The van der Waals surface area contributed by atoms with Gasteiger partial charge in [-0.2, -0.15) is 0 Å². The predicted octanol–water partition coefficient (Wildman–Crippen LogP) is 16.1. The molecule has 0 amide bonds. The second kappa shape index (κ2) is 47.3. The summed E-state index contributed by atoms with van der Waals surface area (Å²) in [4.78, 5) is 37.8. The van der Waals surface area contributed by atoms with Crippen molar-refractivity contribution in [3.63, 3.8) is 0 Å². The van der Waals surface area contributed by atoms with Gasteiger partial charge in [0, 0.05) is 19.3 Å². The van der Waals surface area contributed by atoms with Crippen LogP contribution >= 0.6 is 0 Å². The standard InChI is InChI=1S/C52H94O6/c1-4-7-10-13-16-19-22-24-26-28-30-33-36-39-42-45-51(54)57-48-49(47-56-50(53)44-41-38-35-32-29-21-18-15-12-9-6-3)58-52(55)46-43-40-37-34-31-27-25-23-20-17-14-11-8-5-2/h15,18-19,21-22,29,49H,4-14,16-17,20,23-28,30-48H2,1-3H3/b18-15-,22-19-,29-21-. The number of ether oxygens (including phenoxy) is 3. The summed E-state index contributed by atoms with van der Waals surface area (Å²) in [5, 5.41) is 0. The van der Waals surface area contributed by atoms with Crippen molar-refractivity contribution in [2.45, 2.75) is 264 Å². The molecule has 58 heavy (non-hydrogen) atoms. The highest BCUT2D eigenvalue weighted by Crippen LogP contribution is 2.15. The van der Waals surface area contributed by atoms with Gasteiger partial charge in [0.15, 0.2) is 6.10 Å². The molecule has 6 heteroatoms. The van der Waals surface area contributed by atoms with Gasteiger partial charge in [0.1, 0.15) is 13.2 Å². The van der Waals surface area contributed by atoms with Crippen molar-refractivity contribution in [1.29, 1.82) is 0 Å². The van der Waals surface area contributed by atoms with Crippen LogP contribution in [0.1, 0.15) is 258 Å². The van der Waals surface area contributed by atoms with E-state index in [1.807, 2.05) is 0 Å². The molecule has 0 bridgehead atoms. The third-order valence-electron chi connectivity index (χ3n) is 10.9. The molecule has 0 fully saturated rings. The van der Waals surface area contributed by atoms with Crippen LogP contribution in [0.25, 0.3) is 0 Å². The lowest BCUT2D eigenvalue weighted by molar-refractivity contribution is -0.167. The Labute approximate surface area is 359 Å². The minimum absolute atomic E-state index is 0.0804. The number of allylic oxidation sites excluding steroid dienone is 6. The minimum atomic E-state index is -0.779. The van der Waals surface area contributed by atoms with Crippen LogP contribution in [-0.2, 0) is 28.6 Å². The van der Waals surface area contributed by atoms with Crippen LogP contribution in [0.2, 0.25) is 0 Å². The minimum Gasteiger partial charge on any atom is -0.462 e. The SMILES string of the molecule is CCCC/C=C\C=C/CCCCCC(=O)OCC(COC(=O)CCCCCCCCC/C=C\CCCCCC)OC(=O)CCCCCCCCCCCCCCCC. The van der Waals surface area contributed by atoms with Crippen LogP contribution in [-0.4, -0.2) is 37.2 Å². The van der Waals surface area contributed by atoms with Crippen LogP contribution in [0, 0.1) is 0 Å². The van der Waals surface area contributed by atoms with E-state index in [-0.39, 0.29) is 31.1 Å². The quantitative estimate of drug-likeness (QED) is 0.0200. The number of unbranched alkanes of at least 4 members (excludes halogenated alkanes) is 29. The molecule has 0 rings (SSSR count). The van der Waals surface area contributed by atoms with Gasteiger partial charge in [0.2, 0.25) is 0 Å². The Balaban J connectivity index is 4.37. The van der Waals surface area contributed by atoms with E-state index < -0.39 is 6.10 Å². The van der Waals surface area contributed by atoms with E-state index in [9.17, 15) is 14.4 Å². The molecular formula is C52H94O6. The maximum absolute atomic E-state index is 12.8. The van der Waals surface area contributed by atoms with Gasteiger partial charge in [0.05, 0.1) is 0 Å². The molecule has 0 saturated carbocycles. The van der Waals surface area contributed by atoms with Gasteiger partial charge < -0.3 is 14.2 Å². The van der Waals surface area contributed by atoms with Crippen LogP contribution < -0.4 is 0 Å². The largest absolute Gasteiger partial charge is 0.462 e. The molecule has 0 radical (unpaired) electrons. The molecule has 0 aromatic heterocycles. The monoisotopic (exact) mass is 815 g/mol. The average molecular weight is 815 g/mol. The smallest absolute Gasteiger partial charge is 0.306 e. The lowest BCUT2D eigenvalue weighted by atomic mass is 10.0. The van der Waals surface area contributed by atoms with Gasteiger partial charge in [-0.1, -0.05) is 211 Å². The topological polar surface area (TPSA) is 78.9 Å². The van der Waals surface area contributed by atoms with Gasteiger partial charge in [-0.05, 0) is 64.2 Å². The Hall–Kier alpha value is -2.37. The number of carbonyl (C=O) groups is 3. The normalized spacial score (nSPS) is 12.3. The van der Waals surface area contributed by atoms with E-state index >= 15 is 0 Å². The first kappa shape index (κ1) is 55.6. The molecule has 1 unspecified atom stereocenters. The summed E-state index contributed by atoms with van der Waals surface area (Å²) in [5.74, 6) is -0.905. The van der Waals surface area contributed by atoms with Gasteiger partial charge in [0.25, 0.3) is 0 Å². The molecule has 1 atom stereocenters. The lowest BCUT2D eigenvalue weighted by Crippen LogP contribution is -2.30. The fraction of sp³-hybridized carbons (Fsp3) is 0.827. The number of rotatable bonds is 45. The molecule has 0 spiro atoms. The van der Waals surface area contributed by atoms with Gasteiger partial charge in [-0.15, -0.1) is 0 Å². The van der Waals surface area contributed by atoms with Crippen molar-refractivity contribution >= 4 is 17.9 Å². The Morgan fingerprint density at radius 1 is 0.345 bits per heavy atom. The second-order valence-corrected chi connectivity index (χ2v) is 16.8. The molecule has 0 N–H and O–H groups in total. The van der Waals surface area contributed by atoms with Crippen molar-refractivity contribution in [2.24, 2.45) is 0 Å². The van der Waals surface area contributed by atoms with E-state index in [0.29, 0.717) is 19.3 Å². The summed E-state index contributed by atoms with van der Waals surface area (Å²) >= 11 is 0. The van der Waals surface area contributed by atoms with E-state index in [2.05, 4.69) is 57.2 Å². The zero-order chi connectivity index (χ0) is 42.3. The van der Waals surface area contributed by atoms with Crippen LogP contribution in [0.5, 0.6) is 0 Å². The maximum atomic E-state index is 12.8. The highest BCUT2D eigenvalue weighted by atomic mass is 16.6. The third kappa shape index (κ3) is 44.7. The van der Waals surface area contributed by atoms with Crippen molar-refractivity contribution in [3.05, 3.63) is 36.5 Å². The molecule has 6 nitrogen and oxygen atoms in total. The zero-order valence-electron chi connectivity index (χ0n) is 38.6. The average Bonchev–Trinajstić information content (AvgIpc) is 3.22. The molecule has 0 aromatic carbocycles. The Morgan fingerprint density at radius 3 is 1.05 bits per heavy atom. The summed E-state index contributed by atoms with van der Waals surface area (Å²) in [7, 11) is 0. The van der Waals surface area contributed by atoms with Crippen LogP contribution in [0.3, 0.4) is 0 Å². The first-order valence-electron chi connectivity index (χ1n) is 25.0. The predicted molar refractivity (Wildman–Crippen MR) is 247 cm³/mol.